The molecule has 0 N–H and O–H groups in total. The Balaban J connectivity index is 2.10. The molecule has 6 heteroatoms. The van der Waals surface area contributed by atoms with Crippen LogP contribution < -0.4 is 0 Å². The number of carbonyl (C=O) groups excluding carboxylic acids is 1. The van der Waals surface area contributed by atoms with Gasteiger partial charge < -0.3 is 4.74 Å². The molecule has 3 unspecified atom stereocenters. The minimum atomic E-state index is -1.16. The van der Waals surface area contributed by atoms with Crippen molar-refractivity contribution in [2.24, 2.45) is 0 Å². The molecule has 1 heterocycles. The maximum atomic E-state index is 12.9. The minimum absolute atomic E-state index is 0.0560. The lowest BCUT2D eigenvalue weighted by Crippen LogP contribution is -2.44. The summed E-state index contributed by atoms with van der Waals surface area (Å²) in [5.41, 5.74) is 1.11. The molecule has 0 bridgehead atoms. The van der Waals surface area contributed by atoms with Gasteiger partial charge in [-0.15, -0.1) is 0 Å². The lowest BCUT2D eigenvalue weighted by molar-refractivity contribution is -0.152. The zero-order valence-electron chi connectivity index (χ0n) is 13.8. The summed E-state index contributed by atoms with van der Waals surface area (Å²) in [6.07, 6.45) is 1.47. The van der Waals surface area contributed by atoms with Gasteiger partial charge in [0, 0.05) is 13.1 Å². The zero-order chi connectivity index (χ0) is 17.0. The van der Waals surface area contributed by atoms with Crippen molar-refractivity contribution in [3.63, 3.8) is 0 Å². The fraction of sp³-hybridized carbons (Fsp3) is 0.588. The second-order valence-electron chi connectivity index (χ2n) is 6.77. The van der Waals surface area contributed by atoms with Crippen LogP contribution in [0.1, 0.15) is 39.2 Å². The highest BCUT2D eigenvalue weighted by Crippen LogP contribution is 2.25. The van der Waals surface area contributed by atoms with Gasteiger partial charge >= 0.3 is 5.97 Å². The zero-order valence-corrected chi connectivity index (χ0v) is 16.8. The Morgan fingerprint density at radius 2 is 1.91 bits per heavy atom. The number of hydrogen-bond donors (Lipinski definition) is 0. The highest BCUT2D eigenvalue weighted by molar-refractivity contribution is 14.1. The molecule has 0 saturated carbocycles. The molecule has 1 aromatic carbocycles. The summed E-state index contributed by atoms with van der Waals surface area (Å²) in [5, 5.41) is 0. The molecule has 23 heavy (non-hydrogen) atoms. The number of benzene rings is 1. The van der Waals surface area contributed by atoms with Gasteiger partial charge in [-0.2, -0.15) is 0 Å². The molecule has 0 amide bonds. The summed E-state index contributed by atoms with van der Waals surface area (Å²) in [6, 6.07) is 9.99. The molecule has 0 aromatic heterocycles. The van der Waals surface area contributed by atoms with Crippen LogP contribution in [0.3, 0.4) is 0 Å². The second kappa shape index (κ2) is 8.07. The standard InChI is InChI=1S/C17H24INO3S/c1-17(2,3)23(21)19(11-13-7-5-4-6-8-13)12-14-9-10-15(18)16(20)22-14/h4-8,14-15H,9-12H2,1-3H3. The summed E-state index contributed by atoms with van der Waals surface area (Å²) in [7, 11) is -1.16. The van der Waals surface area contributed by atoms with E-state index < -0.39 is 11.0 Å². The quantitative estimate of drug-likeness (QED) is 0.393. The van der Waals surface area contributed by atoms with Crippen molar-refractivity contribution >= 4 is 39.5 Å². The highest BCUT2D eigenvalue weighted by atomic mass is 127. The van der Waals surface area contributed by atoms with Gasteiger partial charge in [0.05, 0.1) is 4.75 Å². The van der Waals surface area contributed by atoms with E-state index in [1.54, 1.807) is 0 Å². The van der Waals surface area contributed by atoms with E-state index in [0.717, 1.165) is 18.4 Å². The largest absolute Gasteiger partial charge is 0.460 e. The molecule has 0 aliphatic carbocycles. The van der Waals surface area contributed by atoms with Crippen molar-refractivity contribution in [1.29, 1.82) is 0 Å². The summed E-state index contributed by atoms with van der Waals surface area (Å²) in [5.74, 6) is -0.150. The number of nitrogens with zero attached hydrogens (tertiary/aromatic N) is 1. The molecule has 1 saturated heterocycles. The van der Waals surface area contributed by atoms with Crippen molar-refractivity contribution < 1.29 is 13.7 Å². The number of rotatable bonds is 5. The third kappa shape index (κ3) is 5.53. The first-order chi connectivity index (χ1) is 10.8. The highest BCUT2D eigenvalue weighted by Gasteiger charge is 2.33. The molecule has 1 fully saturated rings. The molecule has 0 radical (unpaired) electrons. The van der Waals surface area contributed by atoms with Gasteiger partial charge in [0.1, 0.15) is 21.0 Å². The summed E-state index contributed by atoms with van der Waals surface area (Å²) >= 11 is 2.12. The van der Waals surface area contributed by atoms with Crippen LogP contribution in [0.25, 0.3) is 0 Å². The van der Waals surface area contributed by atoms with E-state index >= 15 is 0 Å². The number of esters is 1. The number of hydrogen-bond acceptors (Lipinski definition) is 3. The van der Waals surface area contributed by atoms with E-state index in [4.69, 9.17) is 4.74 Å². The maximum absolute atomic E-state index is 12.9. The molecular formula is C17H24INO3S. The van der Waals surface area contributed by atoms with Gasteiger partial charge in [-0.05, 0) is 39.2 Å². The van der Waals surface area contributed by atoms with Crippen LogP contribution >= 0.6 is 22.6 Å². The fourth-order valence-electron chi connectivity index (χ4n) is 2.47. The van der Waals surface area contributed by atoms with Crippen LogP contribution in [0, 0.1) is 0 Å². The Morgan fingerprint density at radius 3 is 2.48 bits per heavy atom. The van der Waals surface area contributed by atoms with Crippen LogP contribution in [0.2, 0.25) is 0 Å². The topological polar surface area (TPSA) is 46.6 Å². The third-order valence-corrected chi connectivity index (χ3v) is 6.57. The number of halogens is 1. The summed E-state index contributed by atoms with van der Waals surface area (Å²) < 4.78 is 19.9. The number of ether oxygens (including phenoxy) is 1. The van der Waals surface area contributed by atoms with Crippen LogP contribution in [0.5, 0.6) is 0 Å². The van der Waals surface area contributed by atoms with Crippen LogP contribution in [0.15, 0.2) is 30.3 Å². The van der Waals surface area contributed by atoms with E-state index in [9.17, 15) is 9.00 Å². The van der Waals surface area contributed by atoms with Crippen molar-refractivity contribution in [3.8, 4) is 0 Å². The summed E-state index contributed by atoms with van der Waals surface area (Å²) in [6.45, 7) is 7.00. The first-order valence-corrected chi connectivity index (χ1v) is 10.2. The molecule has 1 aromatic rings. The SMILES string of the molecule is CC(C)(C)S(=O)N(Cc1ccccc1)CC1CCC(I)C(=O)O1. The number of alkyl halides is 1. The molecule has 1 aliphatic rings. The Morgan fingerprint density at radius 1 is 1.26 bits per heavy atom. The molecule has 3 atom stereocenters. The van der Waals surface area contributed by atoms with Gasteiger partial charge in [0.2, 0.25) is 0 Å². The Bertz CT molecular complexity index is 559. The van der Waals surface area contributed by atoms with Gasteiger partial charge in [-0.1, -0.05) is 52.9 Å². The molecular weight excluding hydrogens is 425 g/mol. The molecule has 2 rings (SSSR count). The monoisotopic (exact) mass is 449 g/mol. The predicted octanol–water partition coefficient (Wildman–Crippen LogP) is 3.46. The first kappa shape index (κ1) is 18.9. The van der Waals surface area contributed by atoms with E-state index in [1.165, 1.54) is 0 Å². The second-order valence-corrected chi connectivity index (χ2v) is 10.5. The van der Waals surface area contributed by atoms with Crippen molar-refractivity contribution in [1.82, 2.24) is 4.31 Å². The van der Waals surface area contributed by atoms with E-state index in [-0.39, 0.29) is 20.7 Å². The average molecular weight is 449 g/mol. The van der Waals surface area contributed by atoms with Crippen molar-refractivity contribution in [2.75, 3.05) is 6.54 Å². The van der Waals surface area contributed by atoms with E-state index in [2.05, 4.69) is 22.6 Å². The Hall–Kier alpha value is -0.470. The maximum Gasteiger partial charge on any atom is 0.319 e. The molecule has 0 spiro atoms. The lowest BCUT2D eigenvalue weighted by Gasteiger charge is -2.33. The number of cyclic esters (lactones) is 1. The molecule has 128 valence electrons. The average Bonchev–Trinajstić information content (AvgIpc) is 2.49. The van der Waals surface area contributed by atoms with Gasteiger partial charge in [0.25, 0.3) is 0 Å². The van der Waals surface area contributed by atoms with Crippen LogP contribution in [0.4, 0.5) is 0 Å². The van der Waals surface area contributed by atoms with Gasteiger partial charge in [-0.3, -0.25) is 4.79 Å². The minimum Gasteiger partial charge on any atom is -0.460 e. The fourth-order valence-corrected chi connectivity index (χ4v) is 4.32. The van der Waals surface area contributed by atoms with Crippen molar-refractivity contribution in [2.45, 2.75) is 54.9 Å². The smallest absolute Gasteiger partial charge is 0.319 e. The van der Waals surface area contributed by atoms with Crippen molar-refractivity contribution in [3.05, 3.63) is 35.9 Å². The third-order valence-electron chi connectivity index (χ3n) is 3.65. The normalized spacial score (nSPS) is 23.6. The Labute approximate surface area is 154 Å². The Kier molecular flexibility index (Phi) is 6.62. The molecule has 4 nitrogen and oxygen atoms in total. The lowest BCUT2D eigenvalue weighted by atomic mass is 10.1. The number of carbonyl (C=O) groups is 1. The van der Waals surface area contributed by atoms with E-state index in [1.807, 2.05) is 55.4 Å². The molecule has 1 aliphatic heterocycles. The van der Waals surface area contributed by atoms with Gasteiger partial charge in [-0.25, -0.2) is 8.51 Å². The first-order valence-electron chi connectivity index (χ1n) is 7.83. The van der Waals surface area contributed by atoms with Crippen LogP contribution in [-0.4, -0.2) is 35.8 Å². The van der Waals surface area contributed by atoms with Gasteiger partial charge in [0.15, 0.2) is 0 Å². The predicted molar refractivity (Wildman–Crippen MR) is 102 cm³/mol. The van der Waals surface area contributed by atoms with Crippen LogP contribution in [-0.2, 0) is 27.1 Å². The summed E-state index contributed by atoms with van der Waals surface area (Å²) in [4.78, 5) is 11.8. The van der Waals surface area contributed by atoms with E-state index in [0.29, 0.717) is 13.1 Å².